The van der Waals surface area contributed by atoms with Gasteiger partial charge in [0.2, 0.25) is 5.91 Å². The molecule has 0 N–H and O–H groups in total. The first-order chi connectivity index (χ1) is 13.1. The number of rotatable bonds is 4. The molecular formula is C22H33N3O2. The van der Waals surface area contributed by atoms with Gasteiger partial charge in [-0.05, 0) is 56.9 Å². The van der Waals surface area contributed by atoms with Gasteiger partial charge in [0.25, 0.3) is 5.91 Å². The lowest BCUT2D eigenvalue weighted by Crippen LogP contribution is -2.44. The van der Waals surface area contributed by atoms with Crippen LogP contribution in [-0.4, -0.2) is 61.4 Å². The van der Waals surface area contributed by atoms with Crippen molar-refractivity contribution in [2.75, 3.05) is 44.7 Å². The molecule has 1 aromatic rings. The molecule has 0 aliphatic carbocycles. The average Bonchev–Trinajstić information content (AvgIpc) is 3.02. The highest BCUT2D eigenvalue weighted by atomic mass is 16.2. The molecule has 0 aromatic heterocycles. The molecule has 2 amide bonds. The molecule has 2 heterocycles. The van der Waals surface area contributed by atoms with Gasteiger partial charge in [0.15, 0.2) is 0 Å². The first-order valence-corrected chi connectivity index (χ1v) is 10.5. The SMILES string of the molecule is CCN(C)c1ccc(C(=O)N2CCC(C(=O)N3CCCCCC3)CC2)cc1. The van der Waals surface area contributed by atoms with Crippen LogP contribution in [0.2, 0.25) is 0 Å². The molecular weight excluding hydrogens is 338 g/mol. The molecule has 3 rings (SSSR count). The van der Waals surface area contributed by atoms with Crippen molar-refractivity contribution in [3.05, 3.63) is 29.8 Å². The normalized spacial score (nSPS) is 18.9. The van der Waals surface area contributed by atoms with E-state index in [-0.39, 0.29) is 11.8 Å². The molecule has 5 nitrogen and oxygen atoms in total. The molecule has 0 radical (unpaired) electrons. The van der Waals surface area contributed by atoms with Gasteiger partial charge in [-0.3, -0.25) is 9.59 Å². The summed E-state index contributed by atoms with van der Waals surface area (Å²) < 4.78 is 0. The van der Waals surface area contributed by atoms with Crippen LogP contribution >= 0.6 is 0 Å². The van der Waals surface area contributed by atoms with Gasteiger partial charge in [0.1, 0.15) is 0 Å². The second-order valence-corrected chi connectivity index (χ2v) is 7.87. The number of piperidine rings is 1. The Morgan fingerprint density at radius 3 is 2.07 bits per heavy atom. The summed E-state index contributed by atoms with van der Waals surface area (Å²) in [5, 5.41) is 0. The highest BCUT2D eigenvalue weighted by Crippen LogP contribution is 2.23. The monoisotopic (exact) mass is 371 g/mol. The van der Waals surface area contributed by atoms with Crippen LogP contribution in [0, 0.1) is 5.92 Å². The molecule has 2 aliphatic heterocycles. The van der Waals surface area contributed by atoms with Crippen LogP contribution in [-0.2, 0) is 4.79 Å². The van der Waals surface area contributed by atoms with E-state index < -0.39 is 0 Å². The molecule has 0 bridgehead atoms. The average molecular weight is 372 g/mol. The van der Waals surface area contributed by atoms with Gasteiger partial charge in [-0.25, -0.2) is 0 Å². The molecule has 0 spiro atoms. The molecule has 27 heavy (non-hydrogen) atoms. The predicted octanol–water partition coefficient (Wildman–Crippen LogP) is 3.40. The smallest absolute Gasteiger partial charge is 0.253 e. The van der Waals surface area contributed by atoms with Crippen molar-refractivity contribution in [2.45, 2.75) is 45.4 Å². The van der Waals surface area contributed by atoms with Gasteiger partial charge in [-0.15, -0.1) is 0 Å². The van der Waals surface area contributed by atoms with E-state index in [9.17, 15) is 9.59 Å². The Morgan fingerprint density at radius 1 is 0.926 bits per heavy atom. The molecule has 5 heteroatoms. The zero-order valence-electron chi connectivity index (χ0n) is 16.8. The van der Waals surface area contributed by atoms with E-state index in [2.05, 4.69) is 16.7 Å². The fraction of sp³-hybridized carbons (Fsp3) is 0.636. The minimum Gasteiger partial charge on any atom is -0.375 e. The fourth-order valence-electron chi connectivity index (χ4n) is 4.10. The highest BCUT2D eigenvalue weighted by Gasteiger charge is 2.30. The van der Waals surface area contributed by atoms with E-state index in [4.69, 9.17) is 0 Å². The van der Waals surface area contributed by atoms with Gasteiger partial charge in [0, 0.05) is 56.9 Å². The number of anilines is 1. The van der Waals surface area contributed by atoms with E-state index in [1.54, 1.807) is 0 Å². The van der Waals surface area contributed by atoms with Crippen LogP contribution in [0.25, 0.3) is 0 Å². The summed E-state index contributed by atoms with van der Waals surface area (Å²) in [6.07, 6.45) is 6.32. The molecule has 1 aromatic carbocycles. The third kappa shape index (κ3) is 4.82. The number of carbonyl (C=O) groups excluding carboxylic acids is 2. The van der Waals surface area contributed by atoms with E-state index in [0.717, 1.165) is 56.6 Å². The minimum atomic E-state index is 0.0846. The van der Waals surface area contributed by atoms with Crippen LogP contribution in [0.15, 0.2) is 24.3 Å². The molecule has 0 saturated carbocycles. The number of benzene rings is 1. The Labute approximate surface area is 163 Å². The maximum atomic E-state index is 12.8. The van der Waals surface area contributed by atoms with Crippen molar-refractivity contribution >= 4 is 17.5 Å². The summed E-state index contributed by atoms with van der Waals surface area (Å²) in [5.74, 6) is 0.491. The van der Waals surface area contributed by atoms with Crippen LogP contribution in [0.3, 0.4) is 0 Å². The summed E-state index contributed by atoms with van der Waals surface area (Å²) >= 11 is 0. The van der Waals surface area contributed by atoms with Crippen LogP contribution in [0.1, 0.15) is 55.8 Å². The number of hydrogen-bond acceptors (Lipinski definition) is 3. The highest BCUT2D eigenvalue weighted by molar-refractivity contribution is 5.94. The van der Waals surface area contributed by atoms with Crippen LogP contribution in [0.5, 0.6) is 0 Å². The van der Waals surface area contributed by atoms with E-state index in [1.165, 1.54) is 12.8 Å². The fourth-order valence-corrected chi connectivity index (χ4v) is 4.10. The van der Waals surface area contributed by atoms with Crippen molar-refractivity contribution in [1.29, 1.82) is 0 Å². The zero-order valence-corrected chi connectivity index (χ0v) is 16.8. The van der Waals surface area contributed by atoms with E-state index in [0.29, 0.717) is 19.0 Å². The van der Waals surface area contributed by atoms with Crippen LogP contribution in [0.4, 0.5) is 5.69 Å². The topological polar surface area (TPSA) is 43.9 Å². The van der Waals surface area contributed by atoms with Crippen molar-refractivity contribution in [1.82, 2.24) is 9.80 Å². The Bertz CT molecular complexity index is 627. The summed E-state index contributed by atoms with van der Waals surface area (Å²) in [4.78, 5) is 31.7. The second kappa shape index (κ2) is 9.25. The van der Waals surface area contributed by atoms with Crippen molar-refractivity contribution in [3.8, 4) is 0 Å². The third-order valence-corrected chi connectivity index (χ3v) is 6.08. The maximum Gasteiger partial charge on any atom is 0.253 e. The van der Waals surface area contributed by atoms with Gasteiger partial charge in [0.05, 0.1) is 0 Å². The van der Waals surface area contributed by atoms with Gasteiger partial charge < -0.3 is 14.7 Å². The molecule has 0 atom stereocenters. The lowest BCUT2D eigenvalue weighted by atomic mass is 9.94. The van der Waals surface area contributed by atoms with Gasteiger partial charge in [-0.2, -0.15) is 0 Å². The number of nitrogens with zero attached hydrogens (tertiary/aromatic N) is 3. The summed E-state index contributed by atoms with van der Waals surface area (Å²) in [7, 11) is 2.04. The summed E-state index contributed by atoms with van der Waals surface area (Å²) in [6, 6.07) is 7.84. The summed E-state index contributed by atoms with van der Waals surface area (Å²) in [5.41, 5.74) is 1.86. The third-order valence-electron chi connectivity index (χ3n) is 6.08. The quantitative estimate of drug-likeness (QED) is 0.815. The van der Waals surface area contributed by atoms with E-state index in [1.807, 2.05) is 36.2 Å². The Balaban J connectivity index is 1.53. The predicted molar refractivity (Wildman–Crippen MR) is 109 cm³/mol. The van der Waals surface area contributed by atoms with E-state index >= 15 is 0 Å². The Hall–Kier alpha value is -2.04. The maximum absolute atomic E-state index is 12.8. The molecule has 2 aliphatic rings. The number of hydrogen-bond donors (Lipinski definition) is 0. The minimum absolute atomic E-state index is 0.0846. The number of carbonyl (C=O) groups is 2. The standard InChI is InChI=1S/C22H33N3O2/c1-3-23(2)20-10-8-18(9-11-20)21(26)25-16-12-19(13-17-25)22(27)24-14-6-4-5-7-15-24/h8-11,19H,3-7,12-17H2,1-2H3. The van der Waals surface area contributed by atoms with Gasteiger partial charge in [-0.1, -0.05) is 12.8 Å². The summed E-state index contributed by atoms with van der Waals surface area (Å²) in [6.45, 7) is 6.23. The second-order valence-electron chi connectivity index (χ2n) is 7.87. The molecule has 2 fully saturated rings. The number of likely N-dealkylation sites (tertiary alicyclic amines) is 2. The first kappa shape index (κ1) is 19.7. The largest absolute Gasteiger partial charge is 0.375 e. The lowest BCUT2D eigenvalue weighted by molar-refractivity contribution is -0.136. The Kier molecular flexibility index (Phi) is 6.75. The number of amides is 2. The molecule has 0 unspecified atom stereocenters. The van der Waals surface area contributed by atoms with Crippen molar-refractivity contribution in [2.24, 2.45) is 5.92 Å². The van der Waals surface area contributed by atoms with Crippen molar-refractivity contribution < 1.29 is 9.59 Å². The van der Waals surface area contributed by atoms with Crippen molar-refractivity contribution in [3.63, 3.8) is 0 Å². The molecule has 148 valence electrons. The van der Waals surface area contributed by atoms with Gasteiger partial charge >= 0.3 is 0 Å². The van der Waals surface area contributed by atoms with Crippen LogP contribution < -0.4 is 4.90 Å². The zero-order chi connectivity index (χ0) is 19.2. The first-order valence-electron chi connectivity index (χ1n) is 10.5. The Morgan fingerprint density at radius 2 is 1.52 bits per heavy atom. The molecule has 2 saturated heterocycles. The lowest BCUT2D eigenvalue weighted by Gasteiger charge is -2.34.